The Balaban J connectivity index is 3.75. The minimum atomic E-state index is -1.42. The average Bonchev–Trinajstić information content (AvgIpc) is 2.28. The van der Waals surface area contributed by atoms with Crippen LogP contribution in [0.15, 0.2) is 0 Å². The molecule has 2 atom stereocenters. The Morgan fingerprint density at radius 1 is 1.24 bits per heavy atom. The molecule has 0 aromatic heterocycles. The molecule has 0 saturated heterocycles. The monoisotopic (exact) mass is 246 g/mol. The van der Waals surface area contributed by atoms with Gasteiger partial charge in [-0.15, -0.1) is 0 Å². The molecule has 0 bridgehead atoms. The standard InChI is InChI=1S/C11H22N2O4/c1-3-5-8(4-2)13-11(17)12-7-6-9(14)10(15)16/h8-9,14H,3-7H2,1-2H3,(H,15,16)(H2,12,13,17). The van der Waals surface area contributed by atoms with Crippen molar-refractivity contribution in [2.45, 2.75) is 51.7 Å². The molecule has 17 heavy (non-hydrogen) atoms. The second kappa shape index (κ2) is 8.81. The van der Waals surface area contributed by atoms with Gasteiger partial charge in [-0.1, -0.05) is 20.3 Å². The first-order valence-electron chi connectivity index (χ1n) is 5.96. The van der Waals surface area contributed by atoms with Crippen molar-refractivity contribution in [1.29, 1.82) is 0 Å². The van der Waals surface area contributed by atoms with Crippen LogP contribution in [0.25, 0.3) is 0 Å². The van der Waals surface area contributed by atoms with Crippen LogP contribution in [0.4, 0.5) is 4.79 Å². The molecule has 0 aromatic carbocycles. The van der Waals surface area contributed by atoms with Crippen LogP contribution in [-0.4, -0.2) is 40.9 Å². The van der Waals surface area contributed by atoms with Crippen molar-refractivity contribution < 1.29 is 19.8 Å². The van der Waals surface area contributed by atoms with E-state index in [2.05, 4.69) is 10.6 Å². The minimum absolute atomic E-state index is 0.00726. The largest absolute Gasteiger partial charge is 0.479 e. The SMILES string of the molecule is CCCC(CC)NC(=O)NCCC(O)C(=O)O. The van der Waals surface area contributed by atoms with Crippen LogP contribution < -0.4 is 10.6 Å². The van der Waals surface area contributed by atoms with Gasteiger partial charge in [0.15, 0.2) is 6.10 Å². The summed E-state index contributed by atoms with van der Waals surface area (Å²) in [4.78, 5) is 21.7. The molecule has 0 aliphatic rings. The van der Waals surface area contributed by atoms with Gasteiger partial charge in [0.25, 0.3) is 0 Å². The van der Waals surface area contributed by atoms with Crippen molar-refractivity contribution in [3.63, 3.8) is 0 Å². The number of carbonyl (C=O) groups excluding carboxylic acids is 1. The van der Waals surface area contributed by atoms with Crippen molar-refractivity contribution in [3.05, 3.63) is 0 Å². The Labute approximate surface area is 101 Å². The Bertz CT molecular complexity index is 246. The van der Waals surface area contributed by atoms with E-state index in [1.54, 1.807) is 0 Å². The Morgan fingerprint density at radius 2 is 1.88 bits per heavy atom. The van der Waals surface area contributed by atoms with Crippen LogP contribution in [0.3, 0.4) is 0 Å². The van der Waals surface area contributed by atoms with Crippen molar-refractivity contribution in [3.8, 4) is 0 Å². The molecule has 6 heteroatoms. The van der Waals surface area contributed by atoms with Crippen LogP contribution in [-0.2, 0) is 4.79 Å². The molecule has 0 aliphatic heterocycles. The van der Waals surface area contributed by atoms with E-state index >= 15 is 0 Å². The molecule has 100 valence electrons. The number of nitrogens with one attached hydrogen (secondary N) is 2. The summed E-state index contributed by atoms with van der Waals surface area (Å²) in [6.07, 6.45) is 1.36. The summed E-state index contributed by atoms with van der Waals surface area (Å²) in [6.45, 7) is 4.18. The lowest BCUT2D eigenvalue weighted by Crippen LogP contribution is -2.42. The highest BCUT2D eigenvalue weighted by Crippen LogP contribution is 2.00. The number of aliphatic carboxylic acids is 1. The molecular formula is C11H22N2O4. The number of rotatable bonds is 8. The van der Waals surface area contributed by atoms with Crippen molar-refractivity contribution in [2.75, 3.05) is 6.54 Å². The van der Waals surface area contributed by atoms with Crippen molar-refractivity contribution >= 4 is 12.0 Å². The Kier molecular flexibility index (Phi) is 8.13. The predicted octanol–water partition coefficient (Wildman–Crippen LogP) is 0.700. The summed E-state index contributed by atoms with van der Waals surface area (Å²) in [5.74, 6) is -1.27. The van der Waals surface area contributed by atoms with Crippen LogP contribution in [0.2, 0.25) is 0 Å². The van der Waals surface area contributed by atoms with Gasteiger partial charge in [0.2, 0.25) is 0 Å². The molecule has 0 saturated carbocycles. The van der Waals surface area contributed by atoms with Gasteiger partial charge in [0.1, 0.15) is 0 Å². The van der Waals surface area contributed by atoms with Crippen molar-refractivity contribution in [2.24, 2.45) is 0 Å². The van der Waals surface area contributed by atoms with Gasteiger partial charge in [0, 0.05) is 19.0 Å². The lowest BCUT2D eigenvalue weighted by molar-refractivity contribution is -0.146. The number of carboxylic acids is 1. The summed E-state index contributed by atoms with van der Waals surface area (Å²) in [5, 5.41) is 22.7. The third-order valence-corrected chi connectivity index (χ3v) is 2.45. The first-order chi connectivity index (χ1) is 8.01. The molecule has 6 nitrogen and oxygen atoms in total. The Morgan fingerprint density at radius 3 is 2.35 bits per heavy atom. The second-order valence-corrected chi connectivity index (χ2v) is 3.94. The van der Waals surface area contributed by atoms with Gasteiger partial charge in [0.05, 0.1) is 0 Å². The number of amides is 2. The van der Waals surface area contributed by atoms with E-state index in [0.29, 0.717) is 0 Å². The molecule has 0 aromatic rings. The zero-order valence-corrected chi connectivity index (χ0v) is 10.4. The molecule has 2 amide bonds. The van der Waals surface area contributed by atoms with Crippen LogP contribution in [0, 0.1) is 0 Å². The zero-order chi connectivity index (χ0) is 13.3. The topological polar surface area (TPSA) is 98.7 Å². The molecule has 0 fully saturated rings. The lowest BCUT2D eigenvalue weighted by atomic mass is 10.1. The van der Waals surface area contributed by atoms with Gasteiger partial charge >= 0.3 is 12.0 Å². The quantitative estimate of drug-likeness (QED) is 0.506. The molecule has 2 unspecified atom stereocenters. The molecule has 0 radical (unpaired) electrons. The zero-order valence-electron chi connectivity index (χ0n) is 10.4. The summed E-state index contributed by atoms with van der Waals surface area (Å²) in [6, 6.07) is -0.174. The number of urea groups is 1. The summed E-state index contributed by atoms with van der Waals surface area (Å²) >= 11 is 0. The maximum atomic E-state index is 11.4. The normalized spacial score (nSPS) is 13.8. The third kappa shape index (κ3) is 7.57. The smallest absolute Gasteiger partial charge is 0.332 e. The molecule has 0 spiro atoms. The number of hydrogen-bond acceptors (Lipinski definition) is 3. The first kappa shape index (κ1) is 15.7. The molecule has 4 N–H and O–H groups in total. The lowest BCUT2D eigenvalue weighted by Gasteiger charge is -2.16. The number of aliphatic hydroxyl groups is 1. The van der Waals surface area contributed by atoms with Crippen molar-refractivity contribution in [1.82, 2.24) is 10.6 Å². The maximum absolute atomic E-state index is 11.4. The third-order valence-electron chi connectivity index (χ3n) is 2.45. The minimum Gasteiger partial charge on any atom is -0.479 e. The number of aliphatic hydroxyl groups excluding tert-OH is 1. The number of hydrogen-bond donors (Lipinski definition) is 4. The van der Waals surface area contributed by atoms with E-state index in [1.807, 2.05) is 13.8 Å². The van der Waals surface area contributed by atoms with Gasteiger partial charge in [-0.05, 0) is 12.8 Å². The van der Waals surface area contributed by atoms with E-state index in [4.69, 9.17) is 10.2 Å². The fourth-order valence-electron chi connectivity index (χ4n) is 1.41. The first-order valence-corrected chi connectivity index (χ1v) is 5.96. The molecule has 0 heterocycles. The van der Waals surface area contributed by atoms with E-state index in [0.717, 1.165) is 19.3 Å². The van der Waals surface area contributed by atoms with Gasteiger partial charge in [-0.3, -0.25) is 0 Å². The van der Waals surface area contributed by atoms with E-state index in [1.165, 1.54) is 0 Å². The van der Waals surface area contributed by atoms with Gasteiger partial charge < -0.3 is 20.8 Å². The summed E-state index contributed by atoms with van der Waals surface area (Å²) < 4.78 is 0. The van der Waals surface area contributed by atoms with Crippen LogP contribution in [0.5, 0.6) is 0 Å². The fourth-order valence-corrected chi connectivity index (χ4v) is 1.41. The highest BCUT2D eigenvalue weighted by molar-refractivity contribution is 5.74. The van der Waals surface area contributed by atoms with E-state index in [9.17, 15) is 9.59 Å². The number of carbonyl (C=O) groups is 2. The highest BCUT2D eigenvalue weighted by Gasteiger charge is 2.13. The van der Waals surface area contributed by atoms with Gasteiger partial charge in [-0.2, -0.15) is 0 Å². The Hall–Kier alpha value is -1.30. The molecule has 0 aliphatic carbocycles. The molecule has 0 rings (SSSR count). The number of carboxylic acid groups (broad SMARTS) is 1. The summed E-state index contributed by atoms with van der Waals surface area (Å²) in [5.41, 5.74) is 0. The molecular weight excluding hydrogens is 224 g/mol. The highest BCUT2D eigenvalue weighted by atomic mass is 16.4. The maximum Gasteiger partial charge on any atom is 0.332 e. The van der Waals surface area contributed by atoms with Gasteiger partial charge in [-0.25, -0.2) is 9.59 Å². The van der Waals surface area contributed by atoms with E-state index < -0.39 is 12.1 Å². The van der Waals surface area contributed by atoms with Crippen LogP contribution >= 0.6 is 0 Å². The fraction of sp³-hybridized carbons (Fsp3) is 0.818. The average molecular weight is 246 g/mol. The predicted molar refractivity (Wildman–Crippen MR) is 63.8 cm³/mol. The van der Waals surface area contributed by atoms with E-state index in [-0.39, 0.29) is 25.0 Å². The second-order valence-electron chi connectivity index (χ2n) is 3.94. The summed E-state index contributed by atoms with van der Waals surface area (Å²) in [7, 11) is 0. The van der Waals surface area contributed by atoms with Crippen LogP contribution in [0.1, 0.15) is 39.5 Å².